The van der Waals surface area contributed by atoms with Crippen molar-refractivity contribution in [2.75, 3.05) is 18.1 Å². The van der Waals surface area contributed by atoms with Crippen molar-refractivity contribution in [2.24, 2.45) is 0 Å². The Labute approximate surface area is 146 Å². The van der Waals surface area contributed by atoms with Crippen LogP contribution in [0.25, 0.3) is 0 Å². The molecular weight excluding hydrogens is 324 g/mol. The predicted molar refractivity (Wildman–Crippen MR) is 95.3 cm³/mol. The lowest BCUT2D eigenvalue weighted by atomic mass is 10.1. The molecule has 2 aromatic rings. The number of hydrogen-bond acceptors (Lipinski definition) is 2. The summed E-state index contributed by atoms with van der Waals surface area (Å²) in [6, 6.07) is 14.7. The Morgan fingerprint density at radius 1 is 1.17 bits per heavy atom. The van der Waals surface area contributed by atoms with Gasteiger partial charge in [0.25, 0.3) is 5.91 Å². The van der Waals surface area contributed by atoms with Crippen LogP contribution in [0.3, 0.4) is 0 Å². The fourth-order valence-corrected chi connectivity index (χ4v) is 3.01. The number of anilines is 1. The zero-order valence-electron chi connectivity index (χ0n) is 13.5. The molecule has 2 aromatic carbocycles. The highest BCUT2D eigenvalue weighted by molar-refractivity contribution is 6.34. The number of carbonyl (C=O) groups excluding carboxylic acids is 2. The summed E-state index contributed by atoms with van der Waals surface area (Å²) in [5.74, 6) is -0.122. The topological polar surface area (TPSA) is 40.6 Å². The van der Waals surface area contributed by atoms with Crippen LogP contribution >= 0.6 is 11.6 Å². The van der Waals surface area contributed by atoms with Gasteiger partial charge in [-0.25, -0.2) is 0 Å². The standard InChI is InChI=1S/C19H19ClN2O2/c1-14-8-10-15(11-9-14)22(13-21-12-4-7-18(21)23)19(24)16-5-2-3-6-17(16)20/h2-3,5-6,8-11H,4,7,12-13H2,1H3. The second kappa shape index (κ2) is 7.05. The van der Waals surface area contributed by atoms with Gasteiger partial charge in [0.05, 0.1) is 10.6 Å². The first-order valence-electron chi connectivity index (χ1n) is 7.97. The smallest absolute Gasteiger partial charge is 0.261 e. The van der Waals surface area contributed by atoms with Crippen molar-refractivity contribution in [1.29, 1.82) is 0 Å². The van der Waals surface area contributed by atoms with E-state index in [2.05, 4.69) is 0 Å². The molecule has 0 N–H and O–H groups in total. The van der Waals surface area contributed by atoms with E-state index in [-0.39, 0.29) is 18.5 Å². The average Bonchev–Trinajstić information content (AvgIpc) is 2.98. The zero-order chi connectivity index (χ0) is 17.1. The summed E-state index contributed by atoms with van der Waals surface area (Å²) in [6.45, 7) is 2.91. The number of benzene rings is 2. The molecule has 1 aliphatic heterocycles. The van der Waals surface area contributed by atoms with Gasteiger partial charge in [0, 0.05) is 18.7 Å². The van der Waals surface area contributed by atoms with Crippen molar-refractivity contribution in [2.45, 2.75) is 19.8 Å². The van der Waals surface area contributed by atoms with Gasteiger partial charge < -0.3 is 4.90 Å². The van der Waals surface area contributed by atoms with E-state index in [1.165, 1.54) is 0 Å². The Balaban J connectivity index is 1.94. The Hall–Kier alpha value is -2.33. The summed E-state index contributed by atoms with van der Waals surface area (Å²) in [6.07, 6.45) is 1.38. The van der Waals surface area contributed by atoms with Gasteiger partial charge in [0.1, 0.15) is 6.67 Å². The van der Waals surface area contributed by atoms with E-state index in [9.17, 15) is 9.59 Å². The first kappa shape index (κ1) is 16.5. The zero-order valence-corrected chi connectivity index (χ0v) is 14.3. The van der Waals surface area contributed by atoms with Crippen LogP contribution in [0.4, 0.5) is 5.69 Å². The Kier molecular flexibility index (Phi) is 4.86. The molecule has 1 fully saturated rings. The van der Waals surface area contributed by atoms with E-state index in [4.69, 9.17) is 11.6 Å². The van der Waals surface area contributed by atoms with Crippen molar-refractivity contribution >= 4 is 29.1 Å². The number of aryl methyl sites for hydroxylation is 1. The second-order valence-electron chi connectivity index (χ2n) is 5.95. The van der Waals surface area contributed by atoms with Crippen LogP contribution in [0.1, 0.15) is 28.8 Å². The van der Waals surface area contributed by atoms with Crippen molar-refractivity contribution < 1.29 is 9.59 Å². The van der Waals surface area contributed by atoms with Crippen molar-refractivity contribution in [3.63, 3.8) is 0 Å². The predicted octanol–water partition coefficient (Wildman–Crippen LogP) is 3.88. The summed E-state index contributed by atoms with van der Waals surface area (Å²) in [5.41, 5.74) is 2.30. The molecule has 0 aliphatic carbocycles. The monoisotopic (exact) mass is 342 g/mol. The maximum Gasteiger partial charge on any atom is 0.261 e. The molecule has 1 heterocycles. The quantitative estimate of drug-likeness (QED) is 0.846. The molecule has 5 heteroatoms. The lowest BCUT2D eigenvalue weighted by molar-refractivity contribution is -0.127. The minimum atomic E-state index is -0.204. The molecule has 24 heavy (non-hydrogen) atoms. The number of hydrogen-bond donors (Lipinski definition) is 0. The van der Waals surface area contributed by atoms with Crippen molar-refractivity contribution in [3.8, 4) is 0 Å². The molecular formula is C19H19ClN2O2. The molecule has 124 valence electrons. The fraction of sp³-hybridized carbons (Fsp3) is 0.263. The average molecular weight is 343 g/mol. The maximum atomic E-state index is 13.0. The molecule has 1 aliphatic rings. The molecule has 0 unspecified atom stereocenters. The van der Waals surface area contributed by atoms with Gasteiger partial charge in [0.2, 0.25) is 5.91 Å². The van der Waals surface area contributed by atoms with Crippen LogP contribution < -0.4 is 4.90 Å². The summed E-state index contributed by atoms with van der Waals surface area (Å²) in [5, 5.41) is 0.410. The van der Waals surface area contributed by atoms with E-state index >= 15 is 0 Å². The van der Waals surface area contributed by atoms with Crippen LogP contribution in [0.5, 0.6) is 0 Å². The van der Waals surface area contributed by atoms with Gasteiger partial charge >= 0.3 is 0 Å². The third-order valence-electron chi connectivity index (χ3n) is 4.18. The Bertz CT molecular complexity index is 758. The minimum Gasteiger partial charge on any atom is -0.324 e. The lowest BCUT2D eigenvalue weighted by Gasteiger charge is -2.28. The van der Waals surface area contributed by atoms with E-state index in [0.29, 0.717) is 23.6 Å². The first-order chi connectivity index (χ1) is 11.6. The molecule has 0 spiro atoms. The number of halogens is 1. The molecule has 0 atom stereocenters. The van der Waals surface area contributed by atoms with Gasteiger partial charge in [0.15, 0.2) is 0 Å². The third kappa shape index (κ3) is 3.44. The molecule has 1 saturated heterocycles. The second-order valence-corrected chi connectivity index (χ2v) is 6.36. The summed E-state index contributed by atoms with van der Waals surface area (Å²) < 4.78 is 0. The van der Waals surface area contributed by atoms with Crippen LogP contribution in [0.15, 0.2) is 48.5 Å². The van der Waals surface area contributed by atoms with Gasteiger partial charge in [-0.1, -0.05) is 41.4 Å². The number of amides is 2. The number of likely N-dealkylation sites (tertiary alicyclic amines) is 1. The van der Waals surface area contributed by atoms with Gasteiger partial charge in [-0.3, -0.25) is 14.5 Å². The van der Waals surface area contributed by atoms with Gasteiger partial charge in [-0.15, -0.1) is 0 Å². The normalized spacial score (nSPS) is 14.1. The highest BCUT2D eigenvalue weighted by atomic mass is 35.5. The van der Waals surface area contributed by atoms with Crippen LogP contribution in [0, 0.1) is 6.92 Å². The fourth-order valence-electron chi connectivity index (χ4n) is 2.79. The third-order valence-corrected chi connectivity index (χ3v) is 4.51. The van der Waals surface area contributed by atoms with Crippen LogP contribution in [-0.2, 0) is 4.79 Å². The van der Waals surface area contributed by atoms with Crippen molar-refractivity contribution in [3.05, 3.63) is 64.7 Å². The molecule has 2 amide bonds. The lowest BCUT2D eigenvalue weighted by Crippen LogP contribution is -2.42. The number of rotatable bonds is 4. The molecule has 0 bridgehead atoms. The van der Waals surface area contributed by atoms with Crippen molar-refractivity contribution in [1.82, 2.24) is 4.90 Å². The molecule has 0 aromatic heterocycles. The highest BCUT2D eigenvalue weighted by Gasteiger charge is 2.27. The van der Waals surface area contributed by atoms with Crippen LogP contribution in [-0.4, -0.2) is 29.9 Å². The highest BCUT2D eigenvalue weighted by Crippen LogP contribution is 2.24. The Morgan fingerprint density at radius 3 is 2.50 bits per heavy atom. The molecule has 4 nitrogen and oxygen atoms in total. The van der Waals surface area contributed by atoms with E-state index in [1.54, 1.807) is 34.1 Å². The SMILES string of the molecule is Cc1ccc(N(CN2CCCC2=O)C(=O)c2ccccc2Cl)cc1. The summed E-state index contributed by atoms with van der Waals surface area (Å²) in [7, 11) is 0. The summed E-state index contributed by atoms with van der Waals surface area (Å²) >= 11 is 6.19. The molecule has 0 saturated carbocycles. The van der Waals surface area contributed by atoms with E-state index in [1.807, 2.05) is 31.2 Å². The molecule has 0 radical (unpaired) electrons. The van der Waals surface area contributed by atoms with Gasteiger partial charge in [-0.05, 0) is 37.6 Å². The minimum absolute atomic E-state index is 0.0825. The summed E-state index contributed by atoms with van der Waals surface area (Å²) in [4.78, 5) is 28.4. The van der Waals surface area contributed by atoms with Crippen LogP contribution in [0.2, 0.25) is 5.02 Å². The number of nitrogens with zero attached hydrogens (tertiary/aromatic N) is 2. The largest absolute Gasteiger partial charge is 0.324 e. The molecule has 3 rings (SSSR count). The number of carbonyl (C=O) groups is 2. The maximum absolute atomic E-state index is 13.0. The van der Waals surface area contributed by atoms with Gasteiger partial charge in [-0.2, -0.15) is 0 Å². The van der Waals surface area contributed by atoms with E-state index in [0.717, 1.165) is 17.7 Å². The van der Waals surface area contributed by atoms with E-state index < -0.39 is 0 Å². The first-order valence-corrected chi connectivity index (χ1v) is 8.35. The Morgan fingerprint density at radius 2 is 1.88 bits per heavy atom.